The average molecular weight is 322 g/mol. The molecule has 0 saturated carbocycles. The second kappa shape index (κ2) is 8.47. The molecular weight excluding hydrogens is 296 g/mol. The van der Waals surface area contributed by atoms with Crippen molar-refractivity contribution in [2.75, 3.05) is 26.0 Å². The molecule has 23 heavy (non-hydrogen) atoms. The van der Waals surface area contributed by atoms with Gasteiger partial charge < -0.3 is 16.0 Å². The number of nitro benzene ring substituents is 1. The van der Waals surface area contributed by atoms with Crippen LogP contribution in [0.15, 0.2) is 18.2 Å². The van der Waals surface area contributed by atoms with Crippen LogP contribution in [0.5, 0.6) is 0 Å². The number of nitrogens with one attached hydrogen (secondary N) is 1. The molecule has 0 aliphatic rings. The van der Waals surface area contributed by atoms with Gasteiger partial charge in [-0.15, -0.1) is 0 Å². The minimum atomic E-state index is -0.678. The van der Waals surface area contributed by atoms with Crippen LogP contribution in [-0.2, 0) is 0 Å². The van der Waals surface area contributed by atoms with E-state index in [1.54, 1.807) is 0 Å². The predicted molar refractivity (Wildman–Crippen MR) is 91.7 cm³/mol. The molecule has 1 amide bonds. The second-order valence-electron chi connectivity index (χ2n) is 5.84. The average Bonchev–Trinajstić information content (AvgIpc) is 2.50. The molecule has 3 N–H and O–H groups in total. The number of carbonyl (C=O) groups excluding carboxylic acids is 1. The Morgan fingerprint density at radius 2 is 1.96 bits per heavy atom. The molecule has 1 aromatic carbocycles. The Morgan fingerprint density at radius 3 is 2.39 bits per heavy atom. The molecule has 0 aliphatic carbocycles. The van der Waals surface area contributed by atoms with Crippen molar-refractivity contribution in [2.24, 2.45) is 11.7 Å². The van der Waals surface area contributed by atoms with Gasteiger partial charge in [0, 0.05) is 24.2 Å². The molecule has 0 unspecified atom stereocenters. The quantitative estimate of drug-likeness (QED) is 0.537. The molecule has 0 aromatic heterocycles. The molecule has 1 atom stereocenters. The maximum Gasteiger partial charge on any atom is 0.293 e. The number of nitrogens with zero attached hydrogens (tertiary/aromatic N) is 2. The molecule has 128 valence electrons. The monoisotopic (exact) mass is 322 g/mol. The summed E-state index contributed by atoms with van der Waals surface area (Å²) in [5.41, 5.74) is 5.58. The number of amides is 1. The molecule has 7 heteroatoms. The fraction of sp³-hybridized carbons (Fsp3) is 0.562. The smallest absolute Gasteiger partial charge is 0.293 e. The number of hydrogen-bond donors (Lipinski definition) is 2. The van der Waals surface area contributed by atoms with E-state index in [0.717, 1.165) is 12.8 Å². The minimum Gasteiger partial charge on any atom is -0.378 e. The summed E-state index contributed by atoms with van der Waals surface area (Å²) < 4.78 is 0. The summed E-state index contributed by atoms with van der Waals surface area (Å²) in [6.45, 7) is 4.89. The standard InChI is InChI=1S/C16H26N4O3/c1-5-11(6-2)15(19(3)4)10-18-13-8-7-12(16(17)21)9-14(13)20(22)23/h7-9,11,15,18H,5-6,10H2,1-4H3,(H2,17,21)/t15-/m1/s1. The van der Waals surface area contributed by atoms with Gasteiger partial charge in [-0.25, -0.2) is 0 Å². The molecule has 0 fully saturated rings. The third kappa shape index (κ3) is 4.92. The highest BCUT2D eigenvalue weighted by atomic mass is 16.6. The van der Waals surface area contributed by atoms with E-state index in [-0.39, 0.29) is 17.3 Å². The summed E-state index contributed by atoms with van der Waals surface area (Å²) in [6, 6.07) is 4.52. The number of hydrogen-bond acceptors (Lipinski definition) is 5. The van der Waals surface area contributed by atoms with E-state index in [1.807, 2.05) is 14.1 Å². The number of primary amides is 1. The van der Waals surface area contributed by atoms with Crippen LogP contribution in [0.25, 0.3) is 0 Å². The third-order valence-electron chi connectivity index (χ3n) is 4.24. The largest absolute Gasteiger partial charge is 0.378 e. The Morgan fingerprint density at radius 1 is 1.35 bits per heavy atom. The number of nitro groups is 1. The van der Waals surface area contributed by atoms with E-state index in [2.05, 4.69) is 24.1 Å². The first kappa shape index (κ1) is 18.9. The molecule has 7 nitrogen and oxygen atoms in total. The van der Waals surface area contributed by atoms with Gasteiger partial charge in [0.25, 0.3) is 5.69 Å². The van der Waals surface area contributed by atoms with Gasteiger partial charge in [0.05, 0.1) is 4.92 Å². The van der Waals surface area contributed by atoms with Crippen LogP contribution in [0.2, 0.25) is 0 Å². The summed E-state index contributed by atoms with van der Waals surface area (Å²) in [4.78, 5) is 24.0. The number of anilines is 1. The van der Waals surface area contributed by atoms with Crippen molar-refractivity contribution in [1.29, 1.82) is 0 Å². The van der Waals surface area contributed by atoms with Gasteiger partial charge in [-0.05, 0) is 32.1 Å². The summed E-state index contributed by atoms with van der Waals surface area (Å²) in [7, 11) is 4.02. The Hall–Kier alpha value is -2.15. The number of rotatable bonds is 9. The molecule has 0 saturated heterocycles. The fourth-order valence-electron chi connectivity index (χ4n) is 2.80. The molecule has 0 radical (unpaired) electrons. The Labute approximate surface area is 137 Å². The topological polar surface area (TPSA) is 101 Å². The van der Waals surface area contributed by atoms with Gasteiger partial charge in [-0.3, -0.25) is 14.9 Å². The maximum absolute atomic E-state index is 11.2. The normalized spacial score (nSPS) is 12.4. The number of benzene rings is 1. The van der Waals surface area contributed by atoms with E-state index in [4.69, 9.17) is 5.73 Å². The van der Waals surface area contributed by atoms with Crippen molar-refractivity contribution in [1.82, 2.24) is 4.90 Å². The summed E-state index contributed by atoms with van der Waals surface area (Å²) >= 11 is 0. The lowest BCUT2D eigenvalue weighted by molar-refractivity contribution is -0.384. The van der Waals surface area contributed by atoms with Crippen molar-refractivity contribution >= 4 is 17.3 Å². The zero-order chi connectivity index (χ0) is 17.6. The van der Waals surface area contributed by atoms with Crippen LogP contribution in [0.3, 0.4) is 0 Å². The van der Waals surface area contributed by atoms with E-state index in [9.17, 15) is 14.9 Å². The molecule has 1 aromatic rings. The van der Waals surface area contributed by atoms with Crippen LogP contribution in [0.1, 0.15) is 37.0 Å². The lowest BCUT2D eigenvalue weighted by Crippen LogP contribution is -2.40. The summed E-state index contributed by atoms with van der Waals surface area (Å²) in [5, 5.41) is 14.4. The van der Waals surface area contributed by atoms with Crippen molar-refractivity contribution in [3.63, 3.8) is 0 Å². The minimum absolute atomic E-state index is 0.131. The van der Waals surface area contributed by atoms with Crippen LogP contribution >= 0.6 is 0 Å². The number of nitrogens with two attached hydrogens (primary N) is 1. The van der Waals surface area contributed by atoms with Crippen molar-refractivity contribution in [2.45, 2.75) is 32.7 Å². The third-order valence-corrected chi connectivity index (χ3v) is 4.24. The SMILES string of the molecule is CCC(CC)[C@@H](CNc1ccc(C(N)=O)cc1[N+](=O)[O-])N(C)C. The van der Waals surface area contributed by atoms with E-state index >= 15 is 0 Å². The van der Waals surface area contributed by atoms with Gasteiger partial charge in [0.2, 0.25) is 5.91 Å². The zero-order valence-electron chi connectivity index (χ0n) is 14.2. The first-order chi connectivity index (χ1) is 10.8. The van der Waals surface area contributed by atoms with Crippen LogP contribution in [0, 0.1) is 16.0 Å². The second-order valence-corrected chi connectivity index (χ2v) is 5.84. The Kier molecular flexibility index (Phi) is 6.96. The molecule has 0 aliphatic heterocycles. The van der Waals surface area contributed by atoms with Crippen LogP contribution in [-0.4, -0.2) is 42.4 Å². The number of likely N-dealkylation sites (N-methyl/N-ethyl adjacent to an activating group) is 1. The Balaban J connectivity index is 2.99. The van der Waals surface area contributed by atoms with Crippen LogP contribution < -0.4 is 11.1 Å². The molecule has 0 bridgehead atoms. The fourth-order valence-corrected chi connectivity index (χ4v) is 2.80. The molecular formula is C16H26N4O3. The summed E-state index contributed by atoms with van der Waals surface area (Å²) in [5.74, 6) is -0.177. The predicted octanol–water partition coefficient (Wildman–Crippen LogP) is 2.47. The zero-order valence-corrected chi connectivity index (χ0v) is 14.2. The van der Waals surface area contributed by atoms with Gasteiger partial charge in [0.1, 0.15) is 5.69 Å². The van der Waals surface area contributed by atoms with Gasteiger partial charge in [0.15, 0.2) is 0 Å². The first-order valence-corrected chi connectivity index (χ1v) is 7.80. The molecule has 0 heterocycles. The van der Waals surface area contributed by atoms with Crippen LogP contribution in [0.4, 0.5) is 11.4 Å². The van der Waals surface area contributed by atoms with E-state index < -0.39 is 10.8 Å². The van der Waals surface area contributed by atoms with Gasteiger partial charge >= 0.3 is 0 Å². The highest BCUT2D eigenvalue weighted by Crippen LogP contribution is 2.26. The van der Waals surface area contributed by atoms with Crippen molar-refractivity contribution in [3.05, 3.63) is 33.9 Å². The molecule has 0 spiro atoms. The Bertz CT molecular complexity index is 556. The summed E-state index contributed by atoms with van der Waals surface area (Å²) in [6.07, 6.45) is 2.09. The maximum atomic E-state index is 11.2. The van der Waals surface area contributed by atoms with Gasteiger partial charge in [-0.1, -0.05) is 26.7 Å². The lowest BCUT2D eigenvalue weighted by Gasteiger charge is -2.31. The van der Waals surface area contributed by atoms with Crippen molar-refractivity contribution in [3.8, 4) is 0 Å². The highest BCUT2D eigenvalue weighted by Gasteiger charge is 2.22. The first-order valence-electron chi connectivity index (χ1n) is 7.80. The van der Waals surface area contributed by atoms with Gasteiger partial charge in [-0.2, -0.15) is 0 Å². The van der Waals surface area contributed by atoms with Crippen molar-refractivity contribution < 1.29 is 9.72 Å². The van der Waals surface area contributed by atoms with E-state index in [1.165, 1.54) is 18.2 Å². The lowest BCUT2D eigenvalue weighted by atomic mass is 9.93. The molecule has 1 rings (SSSR count). The highest BCUT2D eigenvalue weighted by molar-refractivity contribution is 5.94. The van der Waals surface area contributed by atoms with E-state index in [0.29, 0.717) is 18.2 Å². The number of carbonyl (C=O) groups is 1.